The first-order valence-corrected chi connectivity index (χ1v) is 9.89. The zero-order valence-electron chi connectivity index (χ0n) is 18.6. The summed E-state index contributed by atoms with van der Waals surface area (Å²) < 4.78 is 71.2. The largest absolute Gasteiger partial charge is 0.490 e. The van der Waals surface area contributed by atoms with E-state index in [4.69, 9.17) is 24.5 Å². The van der Waals surface area contributed by atoms with Crippen molar-refractivity contribution in [3.63, 3.8) is 0 Å². The molecule has 2 aromatic heterocycles. The SMILES string of the molecule is CO[C@@H]1CCN(Cc2nccn2C)[C@H]1Cc1cccnc1.O=C(O)C(F)(F)F.O=C(O)C(F)(F)F. The molecule has 0 aliphatic carbocycles. The van der Waals surface area contributed by atoms with Crippen LogP contribution < -0.4 is 0 Å². The molecule has 0 radical (unpaired) electrons. The van der Waals surface area contributed by atoms with Gasteiger partial charge in [-0.25, -0.2) is 14.6 Å². The Kier molecular flexibility index (Phi) is 11.1. The van der Waals surface area contributed by atoms with E-state index in [1.807, 2.05) is 45.0 Å². The van der Waals surface area contributed by atoms with Crippen molar-refractivity contribution in [1.82, 2.24) is 19.4 Å². The van der Waals surface area contributed by atoms with E-state index in [9.17, 15) is 26.3 Å². The lowest BCUT2D eigenvalue weighted by molar-refractivity contribution is -0.193. The number of rotatable bonds is 5. The highest BCUT2D eigenvalue weighted by Gasteiger charge is 2.39. The van der Waals surface area contributed by atoms with Crippen molar-refractivity contribution in [2.75, 3.05) is 13.7 Å². The fourth-order valence-electron chi connectivity index (χ4n) is 3.11. The maximum absolute atomic E-state index is 10.6. The number of hydrogen-bond acceptors (Lipinski definition) is 6. The van der Waals surface area contributed by atoms with Crippen molar-refractivity contribution >= 4 is 11.9 Å². The molecule has 0 amide bonds. The molecule has 0 unspecified atom stereocenters. The van der Waals surface area contributed by atoms with Crippen molar-refractivity contribution < 1.29 is 50.9 Å². The highest BCUT2D eigenvalue weighted by Crippen LogP contribution is 2.25. The summed E-state index contributed by atoms with van der Waals surface area (Å²) in [5.74, 6) is -4.41. The number of imidazole rings is 1. The number of aryl methyl sites for hydroxylation is 1. The summed E-state index contributed by atoms with van der Waals surface area (Å²) in [4.78, 5) is 28.9. The van der Waals surface area contributed by atoms with Gasteiger partial charge in [-0.3, -0.25) is 9.88 Å². The highest BCUT2D eigenvalue weighted by molar-refractivity contribution is 5.73. The van der Waals surface area contributed by atoms with Crippen LogP contribution in [0.1, 0.15) is 17.8 Å². The van der Waals surface area contributed by atoms with Crippen molar-refractivity contribution in [3.8, 4) is 0 Å². The number of alkyl halides is 6. The van der Waals surface area contributed by atoms with Crippen molar-refractivity contribution in [3.05, 3.63) is 48.3 Å². The lowest BCUT2D eigenvalue weighted by atomic mass is 10.0. The molecule has 15 heteroatoms. The van der Waals surface area contributed by atoms with Gasteiger partial charge in [-0.2, -0.15) is 26.3 Å². The maximum Gasteiger partial charge on any atom is 0.490 e. The molecule has 3 rings (SSSR count). The highest BCUT2D eigenvalue weighted by atomic mass is 19.4. The van der Waals surface area contributed by atoms with Gasteiger partial charge in [0.25, 0.3) is 0 Å². The summed E-state index contributed by atoms with van der Waals surface area (Å²) in [6.07, 6.45) is -0.222. The van der Waals surface area contributed by atoms with Gasteiger partial charge in [0.05, 0.1) is 12.6 Å². The molecule has 1 saturated heterocycles. The van der Waals surface area contributed by atoms with E-state index in [1.54, 1.807) is 0 Å². The molecule has 0 bridgehead atoms. The molecule has 1 aliphatic rings. The number of hydrogen-bond donors (Lipinski definition) is 2. The number of carbonyl (C=O) groups is 2. The number of pyridine rings is 1. The van der Waals surface area contributed by atoms with E-state index in [-0.39, 0.29) is 6.10 Å². The van der Waals surface area contributed by atoms with Crippen LogP contribution in [-0.2, 0) is 34.3 Å². The van der Waals surface area contributed by atoms with Gasteiger partial charge in [-0.1, -0.05) is 6.07 Å². The summed E-state index contributed by atoms with van der Waals surface area (Å²) >= 11 is 0. The fraction of sp³-hybridized carbons (Fsp3) is 0.500. The van der Waals surface area contributed by atoms with Gasteiger partial charge in [0.15, 0.2) is 0 Å². The first-order chi connectivity index (χ1) is 16.2. The first-order valence-electron chi connectivity index (χ1n) is 9.89. The normalized spacial score (nSPS) is 18.2. The van der Waals surface area contributed by atoms with Crippen molar-refractivity contribution in [2.24, 2.45) is 7.05 Å². The Morgan fingerprint density at radius 3 is 2.09 bits per heavy atom. The van der Waals surface area contributed by atoms with Crippen LogP contribution >= 0.6 is 0 Å². The third-order valence-corrected chi connectivity index (χ3v) is 4.82. The van der Waals surface area contributed by atoms with Gasteiger partial charge in [0, 0.05) is 51.5 Å². The molecule has 196 valence electrons. The minimum Gasteiger partial charge on any atom is -0.475 e. The van der Waals surface area contributed by atoms with Crippen LogP contribution in [0.4, 0.5) is 26.3 Å². The molecule has 2 N–H and O–H groups in total. The molecule has 0 saturated carbocycles. The number of aliphatic carboxylic acids is 2. The number of halogens is 6. The molecule has 1 fully saturated rings. The van der Waals surface area contributed by atoms with Crippen LogP contribution in [-0.4, -0.2) is 79.7 Å². The Bertz CT molecular complexity index is 912. The van der Waals surface area contributed by atoms with Gasteiger partial charge >= 0.3 is 24.3 Å². The zero-order chi connectivity index (χ0) is 26.8. The molecule has 0 aromatic carbocycles. The minimum atomic E-state index is -5.08. The van der Waals surface area contributed by atoms with Gasteiger partial charge in [-0.15, -0.1) is 0 Å². The summed E-state index contributed by atoms with van der Waals surface area (Å²) in [5, 5.41) is 14.2. The second-order valence-corrected chi connectivity index (χ2v) is 7.23. The average molecular weight is 514 g/mol. The monoisotopic (exact) mass is 514 g/mol. The van der Waals surface area contributed by atoms with Gasteiger partial charge in [0.2, 0.25) is 0 Å². The van der Waals surface area contributed by atoms with Gasteiger partial charge in [-0.05, 0) is 24.5 Å². The molecule has 0 spiro atoms. The van der Waals surface area contributed by atoms with Crippen LogP contribution in [0, 0.1) is 0 Å². The van der Waals surface area contributed by atoms with E-state index in [0.29, 0.717) is 6.04 Å². The summed E-state index contributed by atoms with van der Waals surface area (Å²) in [5.41, 5.74) is 1.26. The predicted octanol–water partition coefficient (Wildman–Crippen LogP) is 2.91. The smallest absolute Gasteiger partial charge is 0.475 e. The maximum atomic E-state index is 10.6. The molecular weight excluding hydrogens is 490 g/mol. The number of likely N-dealkylation sites (tertiary alicyclic amines) is 1. The number of nitrogens with zero attached hydrogens (tertiary/aromatic N) is 4. The Morgan fingerprint density at radius 1 is 1.11 bits per heavy atom. The van der Waals surface area contributed by atoms with Gasteiger partial charge in [0.1, 0.15) is 5.82 Å². The second kappa shape index (κ2) is 13.0. The standard InChI is InChI=1S/C16H22N4O.2C2HF3O2/c1-19-9-7-18-16(19)12-20-8-5-15(21-2)14(20)10-13-4-3-6-17-11-13;2*3-2(4,5)1(6)7/h3-4,6-7,9,11,14-15H,5,8,10,12H2,1-2H3;2*(H,6,7)/t14-,15+;;/m0../s1. The third-order valence-electron chi connectivity index (χ3n) is 4.82. The van der Waals surface area contributed by atoms with Crippen LogP contribution in [0.15, 0.2) is 36.9 Å². The molecular formula is C20H24F6N4O5. The fourth-order valence-corrected chi connectivity index (χ4v) is 3.11. The lowest BCUT2D eigenvalue weighted by Gasteiger charge is -2.27. The molecule has 2 atom stereocenters. The average Bonchev–Trinajstić information content (AvgIpc) is 3.34. The molecule has 3 heterocycles. The summed E-state index contributed by atoms with van der Waals surface area (Å²) in [7, 11) is 3.85. The number of methoxy groups -OCH3 is 1. The predicted molar refractivity (Wildman–Crippen MR) is 108 cm³/mol. The molecule has 9 nitrogen and oxygen atoms in total. The summed E-state index contributed by atoms with van der Waals surface area (Å²) in [6.45, 7) is 1.92. The Balaban J connectivity index is 0.000000362. The third kappa shape index (κ3) is 10.3. The van der Waals surface area contributed by atoms with Gasteiger partial charge < -0.3 is 19.5 Å². The minimum absolute atomic E-state index is 0.283. The Morgan fingerprint density at radius 2 is 1.69 bits per heavy atom. The van der Waals surface area contributed by atoms with Crippen molar-refractivity contribution in [2.45, 2.75) is 43.9 Å². The van der Waals surface area contributed by atoms with E-state index in [0.717, 1.165) is 31.8 Å². The van der Waals surface area contributed by atoms with Crippen molar-refractivity contribution in [1.29, 1.82) is 0 Å². The van der Waals surface area contributed by atoms with E-state index in [1.165, 1.54) is 5.56 Å². The number of carboxylic acids is 2. The number of aromatic nitrogens is 3. The molecule has 1 aliphatic heterocycles. The Labute approximate surface area is 196 Å². The number of carboxylic acid groups (broad SMARTS) is 2. The topological polar surface area (TPSA) is 118 Å². The molecule has 2 aromatic rings. The van der Waals surface area contributed by atoms with Crippen LogP contribution in [0.25, 0.3) is 0 Å². The Hall–Kier alpha value is -3.20. The molecule has 35 heavy (non-hydrogen) atoms. The number of ether oxygens (including phenoxy) is 1. The van der Waals surface area contributed by atoms with Crippen LogP contribution in [0.3, 0.4) is 0 Å². The van der Waals surface area contributed by atoms with Crippen LogP contribution in [0.2, 0.25) is 0 Å². The van der Waals surface area contributed by atoms with E-state index in [2.05, 4.69) is 25.5 Å². The first kappa shape index (κ1) is 29.8. The quantitative estimate of drug-likeness (QED) is 0.585. The lowest BCUT2D eigenvalue weighted by Crippen LogP contribution is -2.38. The van der Waals surface area contributed by atoms with Crippen LogP contribution in [0.5, 0.6) is 0 Å². The van der Waals surface area contributed by atoms with E-state index < -0.39 is 24.3 Å². The second-order valence-electron chi connectivity index (χ2n) is 7.23. The zero-order valence-corrected chi connectivity index (χ0v) is 18.6. The van der Waals surface area contributed by atoms with E-state index >= 15 is 0 Å². The summed E-state index contributed by atoms with van der Waals surface area (Å²) in [6, 6.07) is 4.52.